The maximum absolute atomic E-state index is 4.69. The van der Waals surface area contributed by atoms with Gasteiger partial charge in [-0.05, 0) is 25.7 Å². The lowest BCUT2D eigenvalue weighted by Crippen LogP contribution is -2.27. The van der Waals surface area contributed by atoms with Crippen LogP contribution in [0, 0.1) is 5.92 Å². The molecule has 1 atom stereocenters. The van der Waals surface area contributed by atoms with E-state index in [1.54, 1.807) is 11.3 Å². The first-order valence-electron chi connectivity index (χ1n) is 6.56. The second-order valence-corrected chi connectivity index (χ2v) is 5.94. The van der Waals surface area contributed by atoms with E-state index < -0.39 is 0 Å². The Balaban J connectivity index is 1.62. The SMILES string of the molecule is CC(NCc1nc(-c2ccccc2)cs1)C1CC1. The molecule has 1 aromatic carbocycles. The van der Waals surface area contributed by atoms with Gasteiger partial charge < -0.3 is 5.32 Å². The highest BCUT2D eigenvalue weighted by molar-refractivity contribution is 7.09. The summed E-state index contributed by atoms with van der Waals surface area (Å²) in [4.78, 5) is 4.69. The number of hydrogen-bond donors (Lipinski definition) is 1. The van der Waals surface area contributed by atoms with Crippen LogP contribution in [0.3, 0.4) is 0 Å². The number of nitrogens with one attached hydrogen (secondary N) is 1. The summed E-state index contributed by atoms with van der Waals surface area (Å²) in [6, 6.07) is 11.0. The number of benzene rings is 1. The minimum atomic E-state index is 0.633. The van der Waals surface area contributed by atoms with E-state index in [4.69, 9.17) is 0 Å². The van der Waals surface area contributed by atoms with Crippen molar-refractivity contribution in [2.45, 2.75) is 32.4 Å². The first kappa shape index (κ1) is 11.9. The molecule has 1 aliphatic carbocycles. The van der Waals surface area contributed by atoms with Crippen molar-refractivity contribution in [1.29, 1.82) is 0 Å². The highest BCUT2D eigenvalue weighted by Gasteiger charge is 2.27. The van der Waals surface area contributed by atoms with Gasteiger partial charge in [-0.1, -0.05) is 30.3 Å². The molecular weight excluding hydrogens is 240 g/mol. The van der Waals surface area contributed by atoms with Crippen molar-refractivity contribution in [1.82, 2.24) is 10.3 Å². The fraction of sp³-hybridized carbons (Fsp3) is 0.400. The van der Waals surface area contributed by atoms with Crippen LogP contribution in [-0.4, -0.2) is 11.0 Å². The quantitative estimate of drug-likeness (QED) is 0.884. The predicted octanol–water partition coefficient (Wildman–Crippen LogP) is 3.70. The lowest BCUT2D eigenvalue weighted by molar-refractivity contribution is 0.495. The van der Waals surface area contributed by atoms with Crippen molar-refractivity contribution in [2.24, 2.45) is 5.92 Å². The number of nitrogens with zero attached hydrogens (tertiary/aromatic N) is 1. The summed E-state index contributed by atoms with van der Waals surface area (Å²) in [6.45, 7) is 3.18. The lowest BCUT2D eigenvalue weighted by atomic mass is 10.2. The van der Waals surface area contributed by atoms with Crippen LogP contribution in [0.2, 0.25) is 0 Å². The Morgan fingerprint density at radius 2 is 2.11 bits per heavy atom. The van der Waals surface area contributed by atoms with E-state index in [0.29, 0.717) is 6.04 Å². The van der Waals surface area contributed by atoms with Gasteiger partial charge in [0.2, 0.25) is 0 Å². The molecule has 1 fully saturated rings. The second kappa shape index (κ2) is 5.21. The Labute approximate surface area is 112 Å². The maximum Gasteiger partial charge on any atom is 0.107 e. The van der Waals surface area contributed by atoms with E-state index >= 15 is 0 Å². The van der Waals surface area contributed by atoms with Crippen LogP contribution in [0.1, 0.15) is 24.8 Å². The molecule has 18 heavy (non-hydrogen) atoms. The van der Waals surface area contributed by atoms with Crippen LogP contribution in [0.25, 0.3) is 11.3 Å². The minimum Gasteiger partial charge on any atom is -0.308 e. The molecule has 1 saturated carbocycles. The van der Waals surface area contributed by atoms with Crippen LogP contribution in [0.15, 0.2) is 35.7 Å². The molecule has 94 valence electrons. The molecule has 3 heteroatoms. The van der Waals surface area contributed by atoms with E-state index in [1.165, 1.54) is 23.4 Å². The van der Waals surface area contributed by atoms with Crippen molar-refractivity contribution >= 4 is 11.3 Å². The zero-order valence-corrected chi connectivity index (χ0v) is 11.4. The summed E-state index contributed by atoms with van der Waals surface area (Å²) in [6.07, 6.45) is 2.78. The molecule has 0 radical (unpaired) electrons. The van der Waals surface area contributed by atoms with Gasteiger partial charge in [0.25, 0.3) is 0 Å². The first-order valence-corrected chi connectivity index (χ1v) is 7.44. The summed E-state index contributed by atoms with van der Waals surface area (Å²) < 4.78 is 0. The Morgan fingerprint density at radius 1 is 1.33 bits per heavy atom. The lowest BCUT2D eigenvalue weighted by Gasteiger charge is -2.10. The Kier molecular flexibility index (Phi) is 3.43. The summed E-state index contributed by atoms with van der Waals surface area (Å²) >= 11 is 1.74. The molecule has 0 amide bonds. The number of thiazole rings is 1. The molecule has 1 N–H and O–H groups in total. The van der Waals surface area contributed by atoms with Crippen LogP contribution in [0.4, 0.5) is 0 Å². The molecule has 2 aromatic rings. The molecule has 0 saturated heterocycles. The fourth-order valence-electron chi connectivity index (χ4n) is 2.14. The smallest absolute Gasteiger partial charge is 0.107 e. The maximum atomic E-state index is 4.69. The van der Waals surface area contributed by atoms with Gasteiger partial charge in [0.1, 0.15) is 5.01 Å². The summed E-state index contributed by atoms with van der Waals surface area (Å²) in [5, 5.41) is 6.90. The van der Waals surface area contributed by atoms with Gasteiger partial charge in [-0.15, -0.1) is 11.3 Å². The number of aromatic nitrogens is 1. The van der Waals surface area contributed by atoms with Crippen molar-refractivity contribution in [3.63, 3.8) is 0 Å². The molecular formula is C15H18N2S. The predicted molar refractivity (Wildman–Crippen MR) is 76.6 cm³/mol. The minimum absolute atomic E-state index is 0.633. The molecule has 2 nitrogen and oxygen atoms in total. The Bertz CT molecular complexity index is 502. The van der Waals surface area contributed by atoms with Crippen molar-refractivity contribution in [3.8, 4) is 11.3 Å². The summed E-state index contributed by atoms with van der Waals surface area (Å²) in [5.74, 6) is 0.901. The Hall–Kier alpha value is -1.19. The third-order valence-corrected chi connectivity index (χ3v) is 4.37. The van der Waals surface area contributed by atoms with Crippen LogP contribution < -0.4 is 5.32 Å². The zero-order valence-electron chi connectivity index (χ0n) is 10.6. The molecule has 1 aromatic heterocycles. The molecule has 1 unspecified atom stereocenters. The van der Waals surface area contributed by atoms with E-state index in [1.807, 2.05) is 6.07 Å². The highest BCUT2D eigenvalue weighted by Crippen LogP contribution is 2.32. The number of hydrogen-bond acceptors (Lipinski definition) is 3. The zero-order chi connectivity index (χ0) is 12.4. The van der Waals surface area contributed by atoms with Gasteiger partial charge in [0, 0.05) is 23.5 Å². The summed E-state index contributed by atoms with van der Waals surface area (Å²) in [7, 11) is 0. The van der Waals surface area contributed by atoms with Crippen LogP contribution >= 0.6 is 11.3 Å². The van der Waals surface area contributed by atoms with Gasteiger partial charge in [-0.25, -0.2) is 4.98 Å². The van der Waals surface area contributed by atoms with Gasteiger partial charge >= 0.3 is 0 Å². The topological polar surface area (TPSA) is 24.9 Å². The highest BCUT2D eigenvalue weighted by atomic mass is 32.1. The molecule has 0 aliphatic heterocycles. The van der Waals surface area contributed by atoms with Gasteiger partial charge in [0.05, 0.1) is 5.69 Å². The van der Waals surface area contributed by atoms with Gasteiger partial charge in [0.15, 0.2) is 0 Å². The van der Waals surface area contributed by atoms with Gasteiger partial charge in [-0.3, -0.25) is 0 Å². The van der Waals surface area contributed by atoms with Crippen LogP contribution in [0.5, 0.6) is 0 Å². The average Bonchev–Trinajstić information content (AvgIpc) is 3.16. The first-order chi connectivity index (χ1) is 8.83. The molecule has 0 bridgehead atoms. The van der Waals surface area contributed by atoms with Crippen molar-refractivity contribution in [3.05, 3.63) is 40.7 Å². The van der Waals surface area contributed by atoms with E-state index in [9.17, 15) is 0 Å². The van der Waals surface area contributed by atoms with Crippen molar-refractivity contribution < 1.29 is 0 Å². The van der Waals surface area contributed by atoms with Gasteiger partial charge in [-0.2, -0.15) is 0 Å². The normalized spacial score (nSPS) is 16.7. The van der Waals surface area contributed by atoms with E-state index in [2.05, 4.69) is 46.9 Å². The monoisotopic (exact) mass is 258 g/mol. The van der Waals surface area contributed by atoms with E-state index in [-0.39, 0.29) is 0 Å². The second-order valence-electron chi connectivity index (χ2n) is 5.00. The van der Waals surface area contributed by atoms with Crippen LogP contribution in [-0.2, 0) is 6.54 Å². The third kappa shape index (κ3) is 2.79. The number of rotatable bonds is 5. The largest absolute Gasteiger partial charge is 0.308 e. The van der Waals surface area contributed by atoms with E-state index in [0.717, 1.165) is 18.2 Å². The van der Waals surface area contributed by atoms with Crippen molar-refractivity contribution in [2.75, 3.05) is 0 Å². The Morgan fingerprint density at radius 3 is 2.83 bits per heavy atom. The molecule has 3 rings (SSSR count). The molecule has 1 aliphatic rings. The molecule has 0 spiro atoms. The fourth-order valence-corrected chi connectivity index (χ4v) is 2.90. The summed E-state index contributed by atoms with van der Waals surface area (Å²) in [5.41, 5.74) is 2.30. The average molecular weight is 258 g/mol. The standard InChI is InChI=1S/C15H18N2S/c1-11(12-7-8-12)16-9-15-17-14(10-18-15)13-5-3-2-4-6-13/h2-6,10-12,16H,7-9H2,1H3. The third-order valence-electron chi connectivity index (χ3n) is 3.53. The molecule has 1 heterocycles.